The molecule has 0 fully saturated rings. The molecule has 1 N–H and O–H groups in total. The number of anilines is 1. The molecule has 0 atom stereocenters. The summed E-state index contributed by atoms with van der Waals surface area (Å²) in [7, 11) is 0. The zero-order valence-electron chi connectivity index (χ0n) is 9.79. The van der Waals surface area contributed by atoms with Crippen molar-refractivity contribution in [3.63, 3.8) is 0 Å². The second-order valence-electron chi connectivity index (χ2n) is 3.97. The maximum atomic E-state index is 13.5. The highest BCUT2D eigenvalue weighted by Crippen LogP contribution is 2.17. The van der Waals surface area contributed by atoms with Crippen molar-refractivity contribution in [2.45, 2.75) is 6.42 Å². The number of nitrogens with one attached hydrogen (secondary N) is 1. The highest BCUT2D eigenvalue weighted by atomic mass is 35.5. The van der Waals surface area contributed by atoms with E-state index >= 15 is 0 Å². The standard InChI is InChI=1S/C14H10Cl2FNO/c15-10-3-5-12(6-4-10)18-14(19)7-9-1-2-11(16)8-13(9)17/h1-6,8H,7H2,(H,18,19). The lowest BCUT2D eigenvalue weighted by molar-refractivity contribution is -0.115. The average molecular weight is 298 g/mol. The van der Waals surface area contributed by atoms with Crippen molar-refractivity contribution in [1.82, 2.24) is 0 Å². The Hall–Kier alpha value is -1.58. The summed E-state index contributed by atoms with van der Waals surface area (Å²) < 4.78 is 13.5. The molecule has 0 aliphatic carbocycles. The van der Waals surface area contributed by atoms with Gasteiger partial charge in [0.2, 0.25) is 5.91 Å². The van der Waals surface area contributed by atoms with Crippen LogP contribution >= 0.6 is 23.2 Å². The van der Waals surface area contributed by atoms with Crippen LogP contribution in [-0.2, 0) is 11.2 Å². The summed E-state index contributed by atoms with van der Waals surface area (Å²) >= 11 is 11.4. The van der Waals surface area contributed by atoms with Crippen LogP contribution in [0.25, 0.3) is 0 Å². The lowest BCUT2D eigenvalue weighted by atomic mass is 10.1. The molecule has 0 bridgehead atoms. The van der Waals surface area contributed by atoms with Crippen LogP contribution in [0.1, 0.15) is 5.56 Å². The van der Waals surface area contributed by atoms with Gasteiger partial charge in [-0.1, -0.05) is 29.3 Å². The van der Waals surface area contributed by atoms with Gasteiger partial charge >= 0.3 is 0 Å². The first-order valence-electron chi connectivity index (χ1n) is 5.54. The fourth-order valence-corrected chi connectivity index (χ4v) is 1.86. The van der Waals surface area contributed by atoms with Crippen molar-refractivity contribution < 1.29 is 9.18 Å². The van der Waals surface area contributed by atoms with Gasteiger partial charge in [0.05, 0.1) is 6.42 Å². The molecule has 2 aromatic carbocycles. The van der Waals surface area contributed by atoms with Crippen LogP contribution in [0.4, 0.5) is 10.1 Å². The van der Waals surface area contributed by atoms with Crippen LogP contribution in [0.2, 0.25) is 10.0 Å². The summed E-state index contributed by atoms with van der Waals surface area (Å²) in [5, 5.41) is 3.55. The molecule has 0 aliphatic heterocycles. The van der Waals surface area contributed by atoms with Gasteiger partial charge in [0, 0.05) is 15.7 Å². The van der Waals surface area contributed by atoms with E-state index in [1.54, 1.807) is 30.3 Å². The summed E-state index contributed by atoms with van der Waals surface area (Å²) in [5.41, 5.74) is 0.916. The van der Waals surface area contributed by atoms with Crippen molar-refractivity contribution >= 4 is 34.8 Å². The van der Waals surface area contributed by atoms with Crippen molar-refractivity contribution in [3.05, 3.63) is 63.9 Å². The molecule has 2 aromatic rings. The first-order valence-corrected chi connectivity index (χ1v) is 6.29. The number of carbonyl (C=O) groups excluding carboxylic acids is 1. The normalized spacial score (nSPS) is 10.3. The third-order valence-electron chi connectivity index (χ3n) is 2.49. The minimum absolute atomic E-state index is 0.0500. The largest absolute Gasteiger partial charge is 0.326 e. The summed E-state index contributed by atoms with van der Waals surface area (Å²) in [6, 6.07) is 10.9. The molecule has 0 saturated carbocycles. The third kappa shape index (κ3) is 3.94. The van der Waals surface area contributed by atoms with E-state index in [4.69, 9.17) is 23.2 Å². The van der Waals surface area contributed by atoms with Gasteiger partial charge in [-0.3, -0.25) is 4.79 Å². The van der Waals surface area contributed by atoms with Gasteiger partial charge in [-0.25, -0.2) is 4.39 Å². The molecule has 0 unspecified atom stereocenters. The van der Waals surface area contributed by atoms with Crippen LogP contribution in [0.15, 0.2) is 42.5 Å². The Morgan fingerprint density at radius 1 is 1.05 bits per heavy atom. The number of halogens is 3. The summed E-state index contributed by atoms with van der Waals surface area (Å²) in [4.78, 5) is 11.8. The summed E-state index contributed by atoms with van der Waals surface area (Å²) in [5.74, 6) is -0.790. The van der Waals surface area contributed by atoms with Crippen LogP contribution in [0.5, 0.6) is 0 Å². The zero-order chi connectivity index (χ0) is 13.8. The molecule has 0 aromatic heterocycles. The van der Waals surface area contributed by atoms with Gasteiger partial charge in [-0.15, -0.1) is 0 Å². The molecule has 19 heavy (non-hydrogen) atoms. The number of hydrogen-bond acceptors (Lipinski definition) is 1. The molecule has 98 valence electrons. The van der Waals surface area contributed by atoms with Gasteiger partial charge in [0.1, 0.15) is 5.82 Å². The Balaban J connectivity index is 2.03. The lowest BCUT2D eigenvalue weighted by Crippen LogP contribution is -2.15. The van der Waals surface area contributed by atoms with E-state index in [-0.39, 0.29) is 12.3 Å². The molecule has 0 radical (unpaired) electrons. The SMILES string of the molecule is O=C(Cc1ccc(Cl)cc1F)Nc1ccc(Cl)cc1. The molecule has 0 heterocycles. The van der Waals surface area contributed by atoms with Crippen LogP contribution < -0.4 is 5.32 Å². The molecule has 2 nitrogen and oxygen atoms in total. The fraction of sp³-hybridized carbons (Fsp3) is 0.0714. The Labute approximate surface area is 120 Å². The number of carbonyl (C=O) groups is 1. The smallest absolute Gasteiger partial charge is 0.228 e. The van der Waals surface area contributed by atoms with E-state index < -0.39 is 5.82 Å². The first-order chi connectivity index (χ1) is 9.04. The van der Waals surface area contributed by atoms with E-state index in [2.05, 4.69) is 5.32 Å². The van der Waals surface area contributed by atoms with E-state index in [1.165, 1.54) is 12.1 Å². The molecule has 0 spiro atoms. The quantitative estimate of drug-likeness (QED) is 0.898. The van der Waals surface area contributed by atoms with E-state index in [0.717, 1.165) is 0 Å². The number of hydrogen-bond donors (Lipinski definition) is 1. The minimum Gasteiger partial charge on any atom is -0.326 e. The molecule has 1 amide bonds. The number of benzene rings is 2. The topological polar surface area (TPSA) is 29.1 Å². The van der Waals surface area contributed by atoms with Crippen molar-refractivity contribution in [2.24, 2.45) is 0 Å². The summed E-state index contributed by atoms with van der Waals surface area (Å²) in [6.07, 6.45) is -0.0500. The highest BCUT2D eigenvalue weighted by molar-refractivity contribution is 6.30. The van der Waals surface area contributed by atoms with Crippen molar-refractivity contribution in [1.29, 1.82) is 0 Å². The fourth-order valence-electron chi connectivity index (χ4n) is 1.58. The lowest BCUT2D eigenvalue weighted by Gasteiger charge is -2.06. The zero-order valence-corrected chi connectivity index (χ0v) is 11.3. The van der Waals surface area contributed by atoms with Gasteiger partial charge in [0.15, 0.2) is 0 Å². The monoisotopic (exact) mass is 297 g/mol. The van der Waals surface area contributed by atoms with Crippen LogP contribution in [0, 0.1) is 5.82 Å². The Kier molecular flexibility index (Phi) is 4.40. The maximum Gasteiger partial charge on any atom is 0.228 e. The maximum absolute atomic E-state index is 13.5. The highest BCUT2D eigenvalue weighted by Gasteiger charge is 2.09. The molecule has 0 saturated heterocycles. The van der Waals surface area contributed by atoms with Crippen molar-refractivity contribution in [3.8, 4) is 0 Å². The predicted octanol–water partition coefficient (Wildman–Crippen LogP) is 4.31. The number of amides is 1. The van der Waals surface area contributed by atoms with Gasteiger partial charge in [-0.05, 0) is 42.0 Å². The van der Waals surface area contributed by atoms with Gasteiger partial charge in [-0.2, -0.15) is 0 Å². The molecule has 0 aliphatic rings. The average Bonchev–Trinajstić information content (AvgIpc) is 2.36. The molecular formula is C14H10Cl2FNO. The van der Waals surface area contributed by atoms with Crippen molar-refractivity contribution in [2.75, 3.05) is 5.32 Å². The van der Waals surface area contributed by atoms with E-state index in [9.17, 15) is 9.18 Å². The number of rotatable bonds is 3. The van der Waals surface area contributed by atoms with Gasteiger partial charge < -0.3 is 5.32 Å². The predicted molar refractivity (Wildman–Crippen MR) is 75.2 cm³/mol. The molecule has 2 rings (SSSR count). The summed E-state index contributed by atoms with van der Waals surface area (Å²) in [6.45, 7) is 0. The Bertz CT molecular complexity index is 599. The Morgan fingerprint density at radius 2 is 1.68 bits per heavy atom. The van der Waals surface area contributed by atoms with E-state index in [1.807, 2.05) is 0 Å². The molecular weight excluding hydrogens is 288 g/mol. The third-order valence-corrected chi connectivity index (χ3v) is 2.98. The van der Waals surface area contributed by atoms with Crippen LogP contribution in [-0.4, -0.2) is 5.91 Å². The Morgan fingerprint density at radius 3 is 2.32 bits per heavy atom. The molecule has 5 heteroatoms. The second-order valence-corrected chi connectivity index (χ2v) is 4.84. The van der Waals surface area contributed by atoms with Crippen LogP contribution in [0.3, 0.4) is 0 Å². The first kappa shape index (κ1) is 13.8. The minimum atomic E-state index is -0.487. The van der Waals surface area contributed by atoms with E-state index in [0.29, 0.717) is 21.3 Å². The van der Waals surface area contributed by atoms with Gasteiger partial charge in [0.25, 0.3) is 0 Å². The second kappa shape index (κ2) is 6.04.